The molecule has 0 bridgehead atoms. The third kappa shape index (κ3) is 9.62. The number of aliphatic hydroxyl groups excluding tert-OH is 1. The molecule has 168 valence electrons. The Morgan fingerprint density at radius 2 is 1.77 bits per heavy atom. The maximum atomic E-state index is 12.3. The van der Waals surface area contributed by atoms with Crippen molar-refractivity contribution in [2.75, 3.05) is 18.5 Å². The number of aliphatic carboxylic acids is 2. The first kappa shape index (κ1) is 25.3. The Morgan fingerprint density at radius 1 is 1.07 bits per heavy atom. The number of carbonyl (C=O) groups is 4. The summed E-state index contributed by atoms with van der Waals surface area (Å²) in [5.74, 6) is -4.05. The zero-order valence-electron chi connectivity index (χ0n) is 16.2. The number of carboxylic acids is 2. The number of nitrogens with zero attached hydrogens (tertiary/aromatic N) is 1. The van der Waals surface area contributed by atoms with Crippen LogP contribution < -0.4 is 21.7 Å². The van der Waals surface area contributed by atoms with Gasteiger partial charge < -0.3 is 37.0 Å². The van der Waals surface area contributed by atoms with Gasteiger partial charge in [-0.3, -0.25) is 14.4 Å². The molecule has 0 saturated carbocycles. The normalized spacial score (nSPS) is 13.7. The number of hydrogen-bond donors (Lipinski definition) is 7. The minimum absolute atomic E-state index is 0.145. The van der Waals surface area contributed by atoms with Crippen molar-refractivity contribution in [3.05, 3.63) is 11.6 Å². The molecule has 0 aromatic carbocycles. The average Bonchev–Trinajstić information content (AvgIpc) is 3.21. The van der Waals surface area contributed by atoms with Crippen LogP contribution in [0, 0.1) is 0 Å². The third-order valence-electron chi connectivity index (χ3n) is 4.06. The molecule has 0 fully saturated rings. The summed E-state index contributed by atoms with van der Waals surface area (Å²) < 4.78 is 0. The van der Waals surface area contributed by atoms with Gasteiger partial charge in [0.15, 0.2) is 5.13 Å². The second-order valence-corrected chi connectivity index (χ2v) is 7.34. The standard InChI is InChI=1S/C17H27N5O7S/c18-10(4-5-13(24)25)14(26)22-12(9-23)15(27)21-11(16(28)29)3-1-2-6-19-17-20-7-8-30-17/h7-8,10-12,23H,1-6,9,18H2,(H,19,20)(H,21,27)(H,22,26)(H,24,25)(H,28,29)/t10-,11-,12-/m0/s1. The van der Waals surface area contributed by atoms with E-state index in [4.69, 9.17) is 10.8 Å². The zero-order valence-corrected chi connectivity index (χ0v) is 17.1. The average molecular weight is 445 g/mol. The number of carboxylic acid groups (broad SMARTS) is 2. The van der Waals surface area contributed by atoms with E-state index in [1.165, 1.54) is 11.3 Å². The lowest BCUT2D eigenvalue weighted by Gasteiger charge is -2.21. The van der Waals surface area contributed by atoms with Gasteiger partial charge in [-0.2, -0.15) is 0 Å². The van der Waals surface area contributed by atoms with Gasteiger partial charge in [0.2, 0.25) is 11.8 Å². The van der Waals surface area contributed by atoms with Crippen LogP contribution in [0.25, 0.3) is 0 Å². The summed E-state index contributed by atoms with van der Waals surface area (Å²) in [6.45, 7) is -0.176. The first-order chi connectivity index (χ1) is 14.2. The van der Waals surface area contributed by atoms with Crippen LogP contribution in [0.2, 0.25) is 0 Å². The van der Waals surface area contributed by atoms with E-state index < -0.39 is 48.5 Å². The van der Waals surface area contributed by atoms with Gasteiger partial charge in [0.05, 0.1) is 12.6 Å². The van der Waals surface area contributed by atoms with Crippen LogP contribution in [-0.2, 0) is 19.2 Å². The van der Waals surface area contributed by atoms with E-state index in [2.05, 4.69) is 20.9 Å². The molecule has 12 nitrogen and oxygen atoms in total. The molecule has 1 aromatic rings. The van der Waals surface area contributed by atoms with Gasteiger partial charge in [-0.1, -0.05) is 0 Å². The molecule has 1 rings (SSSR count). The Balaban J connectivity index is 2.45. The maximum Gasteiger partial charge on any atom is 0.326 e. The number of thiazole rings is 1. The summed E-state index contributed by atoms with van der Waals surface area (Å²) in [6, 6.07) is -3.77. The summed E-state index contributed by atoms with van der Waals surface area (Å²) in [4.78, 5) is 50.2. The fourth-order valence-electron chi connectivity index (χ4n) is 2.39. The Labute approximate surface area is 176 Å². The summed E-state index contributed by atoms with van der Waals surface area (Å²) in [5.41, 5.74) is 5.55. The number of nitrogens with one attached hydrogen (secondary N) is 3. The molecule has 0 unspecified atom stereocenters. The van der Waals surface area contributed by atoms with Gasteiger partial charge >= 0.3 is 11.9 Å². The summed E-state index contributed by atoms with van der Waals surface area (Å²) in [7, 11) is 0. The number of carbonyl (C=O) groups excluding carboxylic acids is 2. The number of anilines is 1. The highest BCUT2D eigenvalue weighted by Gasteiger charge is 2.27. The molecule has 0 aliphatic carbocycles. The number of aromatic nitrogens is 1. The molecular weight excluding hydrogens is 418 g/mol. The van der Waals surface area contributed by atoms with E-state index >= 15 is 0 Å². The van der Waals surface area contributed by atoms with E-state index in [9.17, 15) is 29.4 Å². The number of unbranched alkanes of at least 4 members (excludes halogenated alkanes) is 1. The van der Waals surface area contributed by atoms with Crippen molar-refractivity contribution >= 4 is 40.2 Å². The van der Waals surface area contributed by atoms with Crippen LogP contribution in [0.5, 0.6) is 0 Å². The van der Waals surface area contributed by atoms with Gasteiger partial charge in [-0.15, -0.1) is 11.3 Å². The number of hydrogen-bond acceptors (Lipinski definition) is 9. The highest BCUT2D eigenvalue weighted by Crippen LogP contribution is 2.11. The first-order valence-corrected chi connectivity index (χ1v) is 10.2. The first-order valence-electron chi connectivity index (χ1n) is 9.29. The molecule has 0 saturated heterocycles. The van der Waals surface area contributed by atoms with E-state index in [0.717, 1.165) is 5.13 Å². The topological polar surface area (TPSA) is 204 Å². The van der Waals surface area contributed by atoms with Gasteiger partial charge in [-0.25, -0.2) is 9.78 Å². The largest absolute Gasteiger partial charge is 0.481 e. The van der Waals surface area contributed by atoms with Gasteiger partial charge in [0.1, 0.15) is 12.1 Å². The molecule has 8 N–H and O–H groups in total. The summed E-state index contributed by atoms with van der Waals surface area (Å²) in [6.07, 6.45) is 2.50. The Hall–Kier alpha value is -2.77. The minimum atomic E-state index is -1.40. The van der Waals surface area contributed by atoms with Crippen LogP contribution in [-0.4, -0.2) is 75.3 Å². The summed E-state index contributed by atoms with van der Waals surface area (Å²) >= 11 is 1.45. The molecule has 1 heterocycles. The van der Waals surface area contributed by atoms with Gasteiger partial charge in [-0.05, 0) is 25.7 Å². The van der Waals surface area contributed by atoms with Crippen molar-refractivity contribution in [1.29, 1.82) is 0 Å². The molecule has 0 spiro atoms. The summed E-state index contributed by atoms with van der Waals surface area (Å²) in [5, 5.41) is 37.5. The van der Waals surface area contributed by atoms with Crippen molar-refractivity contribution in [2.45, 2.75) is 50.2 Å². The quantitative estimate of drug-likeness (QED) is 0.163. The predicted molar refractivity (Wildman–Crippen MR) is 108 cm³/mol. The van der Waals surface area contributed by atoms with E-state index in [-0.39, 0.29) is 19.3 Å². The second kappa shape index (κ2) is 13.5. The van der Waals surface area contributed by atoms with Crippen LogP contribution in [0.3, 0.4) is 0 Å². The molecule has 13 heteroatoms. The Morgan fingerprint density at radius 3 is 2.33 bits per heavy atom. The van der Waals surface area contributed by atoms with Crippen molar-refractivity contribution in [2.24, 2.45) is 5.73 Å². The van der Waals surface area contributed by atoms with Crippen molar-refractivity contribution in [3.63, 3.8) is 0 Å². The predicted octanol–water partition coefficient (Wildman–Crippen LogP) is -1.04. The number of aliphatic hydroxyl groups is 1. The molecule has 2 amide bonds. The smallest absolute Gasteiger partial charge is 0.326 e. The lowest BCUT2D eigenvalue weighted by Crippen LogP contribution is -2.55. The SMILES string of the molecule is N[C@@H](CCC(=O)O)C(=O)N[C@@H](CO)C(=O)N[C@@H](CCCCNc1nccs1)C(=O)O. The number of rotatable bonds is 15. The third-order valence-corrected chi connectivity index (χ3v) is 4.80. The van der Waals surface area contributed by atoms with Crippen molar-refractivity contribution in [1.82, 2.24) is 15.6 Å². The fourth-order valence-corrected chi connectivity index (χ4v) is 2.95. The van der Waals surface area contributed by atoms with E-state index in [1.54, 1.807) is 6.20 Å². The molecule has 0 aliphatic heterocycles. The monoisotopic (exact) mass is 445 g/mol. The number of amides is 2. The highest BCUT2D eigenvalue weighted by atomic mass is 32.1. The van der Waals surface area contributed by atoms with Crippen LogP contribution in [0.1, 0.15) is 32.1 Å². The minimum Gasteiger partial charge on any atom is -0.481 e. The molecule has 30 heavy (non-hydrogen) atoms. The molecule has 1 aromatic heterocycles. The molecule has 0 radical (unpaired) electrons. The van der Waals surface area contributed by atoms with E-state index in [0.29, 0.717) is 19.4 Å². The van der Waals surface area contributed by atoms with Gasteiger partial charge in [0.25, 0.3) is 0 Å². The Kier molecular flexibility index (Phi) is 11.3. The van der Waals surface area contributed by atoms with Crippen molar-refractivity contribution < 1.29 is 34.5 Å². The molecule has 0 aliphatic rings. The maximum absolute atomic E-state index is 12.3. The molecular formula is C17H27N5O7S. The Bertz CT molecular complexity index is 701. The highest BCUT2D eigenvalue weighted by molar-refractivity contribution is 7.13. The van der Waals surface area contributed by atoms with Crippen molar-refractivity contribution in [3.8, 4) is 0 Å². The lowest BCUT2D eigenvalue weighted by atomic mass is 10.1. The fraction of sp³-hybridized carbons (Fsp3) is 0.588. The lowest BCUT2D eigenvalue weighted by molar-refractivity contribution is -0.142. The van der Waals surface area contributed by atoms with Gasteiger partial charge in [0, 0.05) is 24.5 Å². The second-order valence-electron chi connectivity index (χ2n) is 6.44. The molecule has 3 atom stereocenters. The zero-order chi connectivity index (χ0) is 22.5. The van der Waals surface area contributed by atoms with Crippen LogP contribution >= 0.6 is 11.3 Å². The van der Waals surface area contributed by atoms with Crippen LogP contribution in [0.15, 0.2) is 11.6 Å². The van der Waals surface area contributed by atoms with Crippen LogP contribution in [0.4, 0.5) is 5.13 Å². The number of nitrogens with two attached hydrogens (primary N) is 1. The van der Waals surface area contributed by atoms with E-state index in [1.807, 2.05) is 5.38 Å².